The van der Waals surface area contributed by atoms with E-state index in [4.69, 9.17) is 4.42 Å². The van der Waals surface area contributed by atoms with Gasteiger partial charge in [-0.1, -0.05) is 42.5 Å². The fourth-order valence-corrected chi connectivity index (χ4v) is 4.27. The number of hydrogen-bond donors (Lipinski definition) is 1. The van der Waals surface area contributed by atoms with E-state index in [1.165, 1.54) is 18.2 Å². The number of piperazine rings is 1. The Kier molecular flexibility index (Phi) is 7.12. The number of carbonyl (C=O) groups excluding carboxylic acids is 2. The topological polar surface area (TPSA) is 65.8 Å². The Hall–Kier alpha value is -4.65. The highest BCUT2D eigenvalue weighted by atomic mass is 19.1. The molecule has 0 bridgehead atoms. The Labute approximate surface area is 214 Å². The lowest BCUT2D eigenvalue weighted by molar-refractivity contribution is -0.111. The third kappa shape index (κ3) is 5.78. The lowest BCUT2D eigenvalue weighted by atomic mass is 10.1. The molecule has 186 valence electrons. The van der Waals surface area contributed by atoms with Crippen molar-refractivity contribution in [3.63, 3.8) is 0 Å². The highest BCUT2D eigenvalue weighted by Crippen LogP contribution is 2.23. The SMILES string of the molecule is O=C(/C=C/c1ccc(-c2ccccc2)o1)Nc1ccc(N2CCN(C(=O)c3ccccc3F)CC2)cc1. The number of benzene rings is 3. The quantitative estimate of drug-likeness (QED) is 0.349. The van der Waals surface area contributed by atoms with E-state index < -0.39 is 5.82 Å². The predicted molar refractivity (Wildman–Crippen MR) is 143 cm³/mol. The standard InChI is InChI=1S/C30H26FN3O3/c31-27-9-5-4-8-26(27)30(36)34-20-18-33(19-21-34)24-12-10-23(11-13-24)32-29(35)17-15-25-14-16-28(37-25)22-6-2-1-3-7-22/h1-17H,18-21H2,(H,32,35)/b17-15+. The smallest absolute Gasteiger partial charge is 0.256 e. The van der Waals surface area contributed by atoms with Crippen molar-refractivity contribution in [3.8, 4) is 11.3 Å². The second-order valence-electron chi connectivity index (χ2n) is 8.70. The number of hydrogen-bond acceptors (Lipinski definition) is 4. The Morgan fingerprint density at radius 2 is 1.51 bits per heavy atom. The largest absolute Gasteiger partial charge is 0.457 e. The Morgan fingerprint density at radius 3 is 2.24 bits per heavy atom. The number of furan rings is 1. The van der Waals surface area contributed by atoms with Crippen LogP contribution >= 0.6 is 0 Å². The van der Waals surface area contributed by atoms with Gasteiger partial charge in [-0.2, -0.15) is 0 Å². The number of rotatable bonds is 6. The van der Waals surface area contributed by atoms with Crippen molar-refractivity contribution < 1.29 is 18.4 Å². The molecule has 0 atom stereocenters. The molecule has 1 aliphatic rings. The molecule has 0 unspecified atom stereocenters. The first-order valence-electron chi connectivity index (χ1n) is 12.1. The van der Waals surface area contributed by atoms with Gasteiger partial charge >= 0.3 is 0 Å². The molecule has 0 spiro atoms. The van der Waals surface area contributed by atoms with E-state index in [-0.39, 0.29) is 17.4 Å². The third-order valence-corrected chi connectivity index (χ3v) is 6.26. The molecular weight excluding hydrogens is 469 g/mol. The maximum absolute atomic E-state index is 14.0. The number of amides is 2. The molecule has 1 saturated heterocycles. The van der Waals surface area contributed by atoms with Crippen molar-refractivity contribution >= 4 is 29.3 Å². The van der Waals surface area contributed by atoms with Crippen LogP contribution in [0.5, 0.6) is 0 Å². The molecule has 0 saturated carbocycles. The zero-order valence-electron chi connectivity index (χ0n) is 20.1. The Bertz CT molecular complexity index is 1410. The molecule has 3 aromatic carbocycles. The summed E-state index contributed by atoms with van der Waals surface area (Å²) in [6, 6.07) is 27.1. The van der Waals surface area contributed by atoms with Gasteiger partial charge in [-0.15, -0.1) is 0 Å². The van der Waals surface area contributed by atoms with E-state index >= 15 is 0 Å². The second-order valence-corrected chi connectivity index (χ2v) is 8.70. The van der Waals surface area contributed by atoms with Crippen LogP contribution in [0.4, 0.5) is 15.8 Å². The van der Waals surface area contributed by atoms with Gasteiger partial charge in [-0.3, -0.25) is 9.59 Å². The molecular formula is C30H26FN3O3. The van der Waals surface area contributed by atoms with Gasteiger partial charge in [0.15, 0.2) is 0 Å². The molecule has 7 heteroatoms. The first-order chi connectivity index (χ1) is 18.1. The van der Waals surface area contributed by atoms with E-state index in [1.807, 2.05) is 66.7 Å². The molecule has 37 heavy (non-hydrogen) atoms. The molecule has 0 radical (unpaired) electrons. The van der Waals surface area contributed by atoms with Gasteiger partial charge in [0.1, 0.15) is 17.3 Å². The van der Waals surface area contributed by atoms with Crippen LogP contribution in [0.3, 0.4) is 0 Å². The lowest BCUT2D eigenvalue weighted by Gasteiger charge is -2.36. The Morgan fingerprint density at radius 1 is 0.811 bits per heavy atom. The van der Waals surface area contributed by atoms with Gasteiger partial charge < -0.3 is 19.5 Å². The summed E-state index contributed by atoms with van der Waals surface area (Å²) in [6.07, 6.45) is 3.07. The van der Waals surface area contributed by atoms with E-state index in [9.17, 15) is 14.0 Å². The molecule has 1 aromatic heterocycles. The van der Waals surface area contributed by atoms with Crippen LogP contribution < -0.4 is 10.2 Å². The minimum Gasteiger partial charge on any atom is -0.457 e. The van der Waals surface area contributed by atoms with Crippen molar-refractivity contribution in [2.45, 2.75) is 0 Å². The van der Waals surface area contributed by atoms with Crippen molar-refractivity contribution in [1.29, 1.82) is 0 Å². The molecule has 2 amide bonds. The van der Waals surface area contributed by atoms with Crippen LogP contribution in [0.25, 0.3) is 17.4 Å². The molecule has 1 aliphatic heterocycles. The van der Waals surface area contributed by atoms with Gasteiger partial charge in [-0.25, -0.2) is 4.39 Å². The van der Waals surface area contributed by atoms with E-state index in [2.05, 4.69) is 10.2 Å². The monoisotopic (exact) mass is 495 g/mol. The highest BCUT2D eigenvalue weighted by molar-refractivity contribution is 6.01. The van der Waals surface area contributed by atoms with E-state index in [0.29, 0.717) is 37.6 Å². The third-order valence-electron chi connectivity index (χ3n) is 6.26. The summed E-state index contributed by atoms with van der Waals surface area (Å²) in [5.41, 5.74) is 2.75. The van der Waals surface area contributed by atoms with Gasteiger partial charge in [0.25, 0.3) is 5.91 Å². The van der Waals surface area contributed by atoms with Crippen molar-refractivity contribution in [2.24, 2.45) is 0 Å². The maximum Gasteiger partial charge on any atom is 0.256 e. The minimum absolute atomic E-state index is 0.105. The molecule has 4 aromatic rings. The van der Waals surface area contributed by atoms with Gasteiger partial charge in [0.2, 0.25) is 5.91 Å². The van der Waals surface area contributed by atoms with Crippen molar-refractivity contribution in [1.82, 2.24) is 4.90 Å². The molecule has 5 rings (SSSR count). The average molecular weight is 496 g/mol. The summed E-state index contributed by atoms with van der Waals surface area (Å²) in [5.74, 6) is 0.301. The van der Waals surface area contributed by atoms with Crippen molar-refractivity contribution in [3.05, 3.63) is 114 Å². The number of anilines is 2. The number of nitrogens with zero attached hydrogens (tertiary/aromatic N) is 2. The zero-order chi connectivity index (χ0) is 25.6. The van der Waals surface area contributed by atoms with Crippen LogP contribution in [0.15, 0.2) is 101 Å². The van der Waals surface area contributed by atoms with Gasteiger partial charge in [-0.05, 0) is 54.6 Å². The summed E-state index contributed by atoms with van der Waals surface area (Å²) in [4.78, 5) is 28.9. The van der Waals surface area contributed by atoms with Gasteiger partial charge in [0.05, 0.1) is 5.56 Å². The van der Waals surface area contributed by atoms with Crippen LogP contribution in [0.1, 0.15) is 16.1 Å². The first-order valence-corrected chi connectivity index (χ1v) is 12.1. The van der Waals surface area contributed by atoms with Crippen LogP contribution in [-0.4, -0.2) is 42.9 Å². The normalized spacial score (nSPS) is 13.6. The minimum atomic E-state index is -0.497. The molecule has 0 aliphatic carbocycles. The number of nitrogens with one attached hydrogen (secondary N) is 1. The summed E-state index contributed by atoms with van der Waals surface area (Å²) >= 11 is 0. The highest BCUT2D eigenvalue weighted by Gasteiger charge is 2.24. The molecule has 6 nitrogen and oxygen atoms in total. The van der Waals surface area contributed by atoms with Crippen molar-refractivity contribution in [2.75, 3.05) is 36.4 Å². The zero-order valence-corrected chi connectivity index (χ0v) is 20.1. The second kappa shape index (κ2) is 11.0. The van der Waals surface area contributed by atoms with Gasteiger partial charge in [0, 0.05) is 49.2 Å². The number of halogens is 1. The Balaban J connectivity index is 1.13. The first kappa shape index (κ1) is 24.1. The molecule has 2 heterocycles. The van der Waals surface area contributed by atoms with Crippen LogP contribution in [0, 0.1) is 5.82 Å². The predicted octanol–water partition coefficient (Wildman–Crippen LogP) is 5.70. The summed E-state index contributed by atoms with van der Waals surface area (Å²) in [7, 11) is 0. The van der Waals surface area contributed by atoms with Crippen LogP contribution in [-0.2, 0) is 4.79 Å². The number of carbonyl (C=O) groups is 2. The van der Waals surface area contributed by atoms with E-state index in [1.54, 1.807) is 23.1 Å². The fraction of sp³-hybridized carbons (Fsp3) is 0.133. The molecule has 1 fully saturated rings. The summed E-state index contributed by atoms with van der Waals surface area (Å²) < 4.78 is 19.8. The van der Waals surface area contributed by atoms with Crippen LogP contribution in [0.2, 0.25) is 0 Å². The fourth-order valence-electron chi connectivity index (χ4n) is 4.27. The summed E-state index contributed by atoms with van der Waals surface area (Å²) in [6.45, 7) is 2.30. The summed E-state index contributed by atoms with van der Waals surface area (Å²) in [5, 5.41) is 2.85. The lowest BCUT2D eigenvalue weighted by Crippen LogP contribution is -2.49. The maximum atomic E-state index is 14.0. The average Bonchev–Trinajstić information content (AvgIpc) is 3.42. The molecule has 1 N–H and O–H groups in total. The van der Waals surface area contributed by atoms with E-state index in [0.717, 1.165) is 17.0 Å².